The topological polar surface area (TPSA) is 13.6 Å². The molecule has 0 N–H and O–H groups in total. The maximum Gasteiger partial charge on any atom is 0.673 e. The lowest BCUT2D eigenvalue weighted by Crippen LogP contribution is -2.02. The lowest BCUT2D eigenvalue weighted by molar-refractivity contribution is 0.368. The summed E-state index contributed by atoms with van der Waals surface area (Å²) in [5, 5.41) is 0. The molecule has 1 aromatic carbocycles. The van der Waals surface area contributed by atoms with E-state index >= 15 is 0 Å². The summed E-state index contributed by atoms with van der Waals surface area (Å²) in [6.45, 7) is 2.75. The second-order valence-corrected chi connectivity index (χ2v) is 2.81. The Labute approximate surface area is 97.1 Å². The van der Waals surface area contributed by atoms with Gasteiger partial charge in [0.25, 0.3) is 6.54 Å². The molecule has 0 unspecified atom stereocenters. The highest BCUT2D eigenvalue weighted by Crippen LogP contribution is 2.10. The van der Waals surface area contributed by atoms with E-state index in [1.807, 2.05) is 31.2 Å². The molecule has 1 rings (SSSR count). The van der Waals surface area contributed by atoms with Gasteiger partial charge in [-0.1, -0.05) is 4.85 Å². The van der Waals surface area contributed by atoms with Crippen LogP contribution in [0.15, 0.2) is 24.3 Å². The number of nitrogens with zero attached hydrogens (tertiary/aromatic N) is 1. The monoisotopic (exact) mass is 249 g/mol. The van der Waals surface area contributed by atoms with Crippen molar-refractivity contribution in [3.8, 4) is 11.8 Å². The Hall–Kier alpha value is -1.71. The zero-order valence-electron chi connectivity index (χ0n) is 9.46. The minimum atomic E-state index is -6.00. The molecule has 0 spiro atoms. The van der Waals surface area contributed by atoms with Crippen LogP contribution in [0.5, 0.6) is 5.75 Å². The summed E-state index contributed by atoms with van der Waals surface area (Å²) in [7, 11) is -4.35. The van der Waals surface area contributed by atoms with Gasteiger partial charge in [-0.2, -0.15) is 0 Å². The zero-order chi connectivity index (χ0) is 13.3. The highest BCUT2D eigenvalue weighted by Gasteiger charge is 2.20. The number of ether oxygens (including phenoxy) is 1. The summed E-state index contributed by atoms with van der Waals surface area (Å²) in [6.07, 6.45) is 0. The van der Waals surface area contributed by atoms with E-state index in [9.17, 15) is 17.3 Å². The van der Waals surface area contributed by atoms with Crippen LogP contribution in [0, 0.1) is 6.07 Å². The van der Waals surface area contributed by atoms with Crippen molar-refractivity contribution in [1.82, 2.24) is 0 Å². The van der Waals surface area contributed by atoms with Crippen LogP contribution in [-0.4, -0.2) is 20.9 Å². The Morgan fingerprint density at radius 1 is 1.18 bits per heavy atom. The number of rotatable bonds is 1. The number of methoxy groups -OCH3 is 1. The molecule has 94 valence electrons. The van der Waals surface area contributed by atoms with Crippen LogP contribution in [0.4, 0.5) is 17.3 Å². The van der Waals surface area contributed by atoms with Gasteiger partial charge in [0.15, 0.2) is 0 Å². The van der Waals surface area contributed by atoms with E-state index in [-0.39, 0.29) is 0 Å². The first kappa shape index (κ1) is 15.3. The van der Waals surface area contributed by atoms with Crippen molar-refractivity contribution in [1.29, 1.82) is 0 Å². The SMILES string of the molecule is CC[N+]#Cc1ccc(OC)cc1.F[B-](F)(F)F. The summed E-state index contributed by atoms with van der Waals surface area (Å²) in [4.78, 5) is 4.01. The van der Waals surface area contributed by atoms with Crippen LogP contribution < -0.4 is 4.74 Å². The van der Waals surface area contributed by atoms with Gasteiger partial charge in [0.1, 0.15) is 11.3 Å². The van der Waals surface area contributed by atoms with Crippen LogP contribution in [0.1, 0.15) is 12.5 Å². The van der Waals surface area contributed by atoms with Crippen molar-refractivity contribution >= 4 is 7.25 Å². The number of hydrogen-bond donors (Lipinski definition) is 0. The van der Waals surface area contributed by atoms with E-state index < -0.39 is 7.25 Å². The Morgan fingerprint density at radius 3 is 2.00 bits per heavy atom. The molecule has 0 radical (unpaired) electrons. The van der Waals surface area contributed by atoms with Gasteiger partial charge >= 0.3 is 13.3 Å². The highest BCUT2D eigenvalue weighted by atomic mass is 19.5. The molecule has 1 aromatic rings. The van der Waals surface area contributed by atoms with E-state index in [1.165, 1.54) is 0 Å². The van der Waals surface area contributed by atoms with Gasteiger partial charge in [0.2, 0.25) is 0 Å². The van der Waals surface area contributed by atoms with Gasteiger partial charge in [0, 0.05) is 6.92 Å². The van der Waals surface area contributed by atoms with Crippen molar-refractivity contribution in [2.75, 3.05) is 13.7 Å². The molecule has 0 aliphatic rings. The molecule has 17 heavy (non-hydrogen) atoms. The quantitative estimate of drug-likeness (QED) is 0.546. The lowest BCUT2D eigenvalue weighted by Gasteiger charge is -1.95. The summed E-state index contributed by atoms with van der Waals surface area (Å²) in [6, 6.07) is 10.6. The van der Waals surface area contributed by atoms with Crippen LogP contribution >= 0.6 is 0 Å². The van der Waals surface area contributed by atoms with Crippen molar-refractivity contribution in [3.63, 3.8) is 0 Å². The molecule has 0 saturated heterocycles. The van der Waals surface area contributed by atoms with Crippen molar-refractivity contribution < 1.29 is 22.0 Å². The fourth-order valence-electron chi connectivity index (χ4n) is 0.836. The minimum absolute atomic E-state index is 0.770. The molecule has 0 aromatic heterocycles. The maximum absolute atomic E-state index is 9.75. The molecule has 2 nitrogen and oxygen atoms in total. The van der Waals surface area contributed by atoms with Crippen LogP contribution in [0.25, 0.3) is 4.85 Å². The predicted molar refractivity (Wildman–Crippen MR) is 60.1 cm³/mol. The maximum atomic E-state index is 9.75. The van der Waals surface area contributed by atoms with Crippen molar-refractivity contribution in [3.05, 3.63) is 34.7 Å². The van der Waals surface area contributed by atoms with E-state index in [4.69, 9.17) is 4.74 Å². The third-order valence-corrected chi connectivity index (χ3v) is 1.46. The lowest BCUT2D eigenvalue weighted by atomic mass is 10.2. The van der Waals surface area contributed by atoms with E-state index in [1.54, 1.807) is 7.11 Å². The Bertz CT molecular complexity index is 374. The Kier molecular flexibility index (Phi) is 6.79. The van der Waals surface area contributed by atoms with Gasteiger partial charge in [-0.05, 0) is 24.3 Å². The number of hydrogen-bond acceptors (Lipinski definition) is 1. The Morgan fingerprint density at radius 2 is 1.65 bits per heavy atom. The molecule has 0 aliphatic carbocycles. The molecule has 0 saturated carbocycles. The molecular weight excluding hydrogens is 237 g/mol. The first-order chi connectivity index (χ1) is 7.86. The fraction of sp³-hybridized carbons (Fsp3) is 0.300. The van der Waals surface area contributed by atoms with Crippen molar-refractivity contribution in [2.45, 2.75) is 6.92 Å². The second-order valence-electron chi connectivity index (χ2n) is 2.81. The molecule has 0 heterocycles. The van der Waals surface area contributed by atoms with Gasteiger partial charge in [-0.3, -0.25) is 0 Å². The molecular formula is C10H12BF4NO. The van der Waals surface area contributed by atoms with E-state index in [0.29, 0.717) is 0 Å². The second kappa shape index (κ2) is 7.55. The number of benzene rings is 1. The summed E-state index contributed by atoms with van der Waals surface area (Å²) in [5.74, 6) is 0.858. The molecule has 0 fully saturated rings. The first-order valence-corrected chi connectivity index (χ1v) is 4.80. The van der Waals surface area contributed by atoms with Gasteiger partial charge in [0.05, 0.1) is 7.11 Å². The van der Waals surface area contributed by atoms with Crippen LogP contribution in [-0.2, 0) is 0 Å². The van der Waals surface area contributed by atoms with Crippen molar-refractivity contribution in [2.24, 2.45) is 0 Å². The normalized spacial score (nSPS) is 9.53. The average molecular weight is 249 g/mol. The molecule has 0 atom stereocenters. The third-order valence-electron chi connectivity index (χ3n) is 1.46. The van der Waals surface area contributed by atoms with Gasteiger partial charge in [-0.25, -0.2) is 0 Å². The average Bonchev–Trinajstić information content (AvgIpc) is 2.25. The number of halogens is 4. The predicted octanol–water partition coefficient (Wildman–Crippen LogP) is 3.70. The van der Waals surface area contributed by atoms with Gasteiger partial charge < -0.3 is 22.0 Å². The molecule has 7 heteroatoms. The third kappa shape index (κ3) is 10.6. The Balaban J connectivity index is 0.000000437. The zero-order valence-corrected chi connectivity index (χ0v) is 9.46. The smallest absolute Gasteiger partial charge is 0.497 e. The van der Waals surface area contributed by atoms with Crippen LogP contribution in [0.2, 0.25) is 0 Å². The standard InChI is InChI=1S/C10H12NO.BF4/c1-3-11-8-9-4-6-10(12-2)7-5-9;2-1(3,4)5/h4-7H,3H2,1-2H3;/q+1;-1. The van der Waals surface area contributed by atoms with Crippen LogP contribution in [0.3, 0.4) is 0 Å². The molecule has 0 aliphatic heterocycles. The van der Waals surface area contributed by atoms with E-state index in [0.717, 1.165) is 17.9 Å². The molecule has 0 bridgehead atoms. The largest absolute Gasteiger partial charge is 0.673 e. The summed E-state index contributed by atoms with van der Waals surface area (Å²) >= 11 is 0. The first-order valence-electron chi connectivity index (χ1n) is 4.80. The molecule has 0 amide bonds. The highest BCUT2D eigenvalue weighted by molar-refractivity contribution is 6.50. The van der Waals surface area contributed by atoms with Gasteiger partial charge in [-0.15, -0.1) is 0 Å². The minimum Gasteiger partial charge on any atom is -0.497 e. The summed E-state index contributed by atoms with van der Waals surface area (Å²) in [5.41, 5.74) is 0.984. The van der Waals surface area contributed by atoms with E-state index in [2.05, 4.69) is 10.9 Å². The summed E-state index contributed by atoms with van der Waals surface area (Å²) < 4.78 is 44.0. The fourth-order valence-corrected chi connectivity index (χ4v) is 0.836.